The number of rotatable bonds is 4. The number of aromatic nitrogens is 1. The summed E-state index contributed by atoms with van der Waals surface area (Å²) in [6.45, 7) is 0.147. The molecule has 1 aromatic heterocycles. The van der Waals surface area contributed by atoms with Crippen LogP contribution in [0, 0.1) is 17.5 Å². The molecular formula is C20H16F3N3O3S2. The van der Waals surface area contributed by atoms with Crippen molar-refractivity contribution in [3.8, 4) is 10.6 Å². The number of hydrogen-bond donors (Lipinski definition) is 0. The molecule has 0 spiro atoms. The van der Waals surface area contributed by atoms with E-state index in [4.69, 9.17) is 0 Å². The highest BCUT2D eigenvalue weighted by Crippen LogP contribution is 2.26. The zero-order chi connectivity index (χ0) is 22.2. The monoisotopic (exact) mass is 467 g/mol. The van der Waals surface area contributed by atoms with Gasteiger partial charge >= 0.3 is 0 Å². The van der Waals surface area contributed by atoms with Gasteiger partial charge in [0.1, 0.15) is 33.0 Å². The van der Waals surface area contributed by atoms with E-state index in [1.54, 1.807) is 17.5 Å². The van der Waals surface area contributed by atoms with Crippen LogP contribution in [0.4, 0.5) is 13.2 Å². The smallest absolute Gasteiger partial charge is 0.273 e. The van der Waals surface area contributed by atoms with Gasteiger partial charge in [0.2, 0.25) is 10.0 Å². The molecule has 1 aliphatic heterocycles. The van der Waals surface area contributed by atoms with Gasteiger partial charge in [0.05, 0.1) is 0 Å². The molecule has 11 heteroatoms. The molecule has 0 unspecified atom stereocenters. The van der Waals surface area contributed by atoms with Gasteiger partial charge in [0, 0.05) is 43.2 Å². The van der Waals surface area contributed by atoms with Gasteiger partial charge in [-0.3, -0.25) is 4.79 Å². The summed E-state index contributed by atoms with van der Waals surface area (Å²) >= 11 is 1.25. The second-order valence-corrected chi connectivity index (χ2v) is 9.58. The van der Waals surface area contributed by atoms with Gasteiger partial charge in [-0.15, -0.1) is 11.3 Å². The van der Waals surface area contributed by atoms with Crippen LogP contribution in [0.3, 0.4) is 0 Å². The van der Waals surface area contributed by atoms with E-state index in [1.165, 1.54) is 28.4 Å². The van der Waals surface area contributed by atoms with Crippen molar-refractivity contribution < 1.29 is 26.4 Å². The van der Waals surface area contributed by atoms with E-state index >= 15 is 0 Å². The molecule has 1 saturated heterocycles. The molecule has 0 radical (unpaired) electrons. The lowest BCUT2D eigenvalue weighted by Crippen LogP contribution is -2.50. The number of nitrogens with zero attached hydrogens (tertiary/aromatic N) is 3. The minimum atomic E-state index is -4.15. The fourth-order valence-corrected chi connectivity index (χ4v) is 5.48. The van der Waals surface area contributed by atoms with Gasteiger partial charge in [-0.05, 0) is 36.4 Å². The molecule has 1 aliphatic rings. The molecule has 2 aromatic carbocycles. The molecule has 0 atom stereocenters. The van der Waals surface area contributed by atoms with Crippen molar-refractivity contribution in [3.63, 3.8) is 0 Å². The maximum absolute atomic E-state index is 14.0. The number of thiazole rings is 1. The van der Waals surface area contributed by atoms with Crippen LogP contribution >= 0.6 is 11.3 Å². The van der Waals surface area contributed by atoms with Crippen molar-refractivity contribution in [1.82, 2.24) is 14.2 Å². The minimum absolute atomic E-state index is 0.0279. The summed E-state index contributed by atoms with van der Waals surface area (Å²) in [4.78, 5) is 17.9. The molecule has 6 nitrogen and oxygen atoms in total. The van der Waals surface area contributed by atoms with E-state index in [0.29, 0.717) is 16.6 Å². The van der Waals surface area contributed by atoms with Crippen LogP contribution in [0.5, 0.6) is 0 Å². The Labute approximate surface area is 180 Å². The minimum Gasteiger partial charge on any atom is -0.335 e. The Morgan fingerprint density at radius 2 is 1.58 bits per heavy atom. The summed E-state index contributed by atoms with van der Waals surface area (Å²) in [5, 5.41) is 2.16. The van der Waals surface area contributed by atoms with Gasteiger partial charge in [0.25, 0.3) is 5.91 Å². The standard InChI is InChI=1S/C20H16F3N3O3S2/c21-14-3-1-13(2-4-14)19-24-17(12-30-19)20(27)25-7-9-26(10-8-25)31(28,29)18-6-5-15(22)11-16(18)23/h1-6,11-12H,7-10H2. The van der Waals surface area contributed by atoms with Gasteiger partial charge < -0.3 is 4.90 Å². The second kappa shape index (κ2) is 8.40. The first kappa shape index (κ1) is 21.5. The lowest BCUT2D eigenvalue weighted by Gasteiger charge is -2.33. The van der Waals surface area contributed by atoms with Crippen LogP contribution < -0.4 is 0 Å². The molecule has 31 heavy (non-hydrogen) atoms. The van der Waals surface area contributed by atoms with Gasteiger partial charge in [-0.1, -0.05) is 0 Å². The summed E-state index contributed by atoms with van der Waals surface area (Å²) in [6.07, 6.45) is 0. The molecule has 1 amide bonds. The number of hydrogen-bond acceptors (Lipinski definition) is 5. The number of sulfonamides is 1. The highest BCUT2D eigenvalue weighted by atomic mass is 32.2. The quantitative estimate of drug-likeness (QED) is 0.590. The normalized spacial score (nSPS) is 15.3. The first-order valence-corrected chi connectivity index (χ1v) is 11.5. The number of halogens is 3. The largest absolute Gasteiger partial charge is 0.335 e. The fraction of sp³-hybridized carbons (Fsp3) is 0.200. The van der Waals surface area contributed by atoms with Crippen molar-refractivity contribution in [3.05, 3.63) is 71.0 Å². The summed E-state index contributed by atoms with van der Waals surface area (Å²) in [7, 11) is -4.15. The number of amides is 1. The number of carbonyl (C=O) groups is 1. The van der Waals surface area contributed by atoms with E-state index in [9.17, 15) is 26.4 Å². The lowest BCUT2D eigenvalue weighted by atomic mass is 10.2. The number of benzene rings is 2. The van der Waals surface area contributed by atoms with Crippen molar-refractivity contribution in [2.24, 2.45) is 0 Å². The first-order valence-electron chi connectivity index (χ1n) is 9.21. The molecule has 0 N–H and O–H groups in total. The average molecular weight is 467 g/mol. The summed E-state index contributed by atoms with van der Waals surface area (Å²) in [5.41, 5.74) is 0.896. The average Bonchev–Trinajstić information content (AvgIpc) is 3.24. The van der Waals surface area contributed by atoms with Crippen LogP contribution in [0.1, 0.15) is 10.5 Å². The maximum Gasteiger partial charge on any atom is 0.273 e. The van der Waals surface area contributed by atoms with Crippen molar-refractivity contribution in [2.45, 2.75) is 4.90 Å². The van der Waals surface area contributed by atoms with Crippen molar-refractivity contribution >= 4 is 27.3 Å². The van der Waals surface area contributed by atoms with Gasteiger partial charge in [0.15, 0.2) is 0 Å². The van der Waals surface area contributed by atoms with E-state index in [1.807, 2.05) is 0 Å². The van der Waals surface area contributed by atoms with E-state index in [-0.39, 0.29) is 43.6 Å². The zero-order valence-corrected chi connectivity index (χ0v) is 17.6. The zero-order valence-electron chi connectivity index (χ0n) is 16.0. The second-order valence-electron chi connectivity index (χ2n) is 6.82. The molecule has 3 aromatic rings. The van der Waals surface area contributed by atoms with Crippen molar-refractivity contribution in [2.75, 3.05) is 26.2 Å². The Morgan fingerprint density at radius 3 is 2.23 bits per heavy atom. The first-order chi connectivity index (χ1) is 14.8. The van der Waals surface area contributed by atoms with E-state index < -0.39 is 26.6 Å². The Hall–Kier alpha value is -2.76. The molecule has 0 aliphatic carbocycles. The molecule has 1 fully saturated rings. The highest BCUT2D eigenvalue weighted by Gasteiger charge is 2.32. The summed E-state index contributed by atoms with van der Waals surface area (Å²) in [5.74, 6) is -2.75. The summed E-state index contributed by atoms with van der Waals surface area (Å²) in [6, 6.07) is 8.05. The van der Waals surface area contributed by atoms with E-state index in [2.05, 4.69) is 4.98 Å². The predicted octanol–water partition coefficient (Wildman–Crippen LogP) is 3.37. The molecule has 0 saturated carbocycles. The number of carbonyl (C=O) groups excluding carboxylic acids is 1. The molecule has 162 valence electrons. The van der Waals surface area contributed by atoms with Gasteiger partial charge in [-0.2, -0.15) is 4.31 Å². The third-order valence-electron chi connectivity index (χ3n) is 4.85. The Balaban J connectivity index is 1.44. The topological polar surface area (TPSA) is 70.6 Å². The van der Waals surface area contributed by atoms with E-state index in [0.717, 1.165) is 16.4 Å². The summed E-state index contributed by atoms with van der Waals surface area (Å²) < 4.78 is 66.5. The molecule has 0 bridgehead atoms. The van der Waals surface area contributed by atoms with Crippen LogP contribution in [-0.4, -0.2) is 54.7 Å². The Kier molecular flexibility index (Phi) is 5.82. The Bertz CT molecular complexity index is 1220. The molecule has 2 heterocycles. The predicted molar refractivity (Wildman–Crippen MR) is 109 cm³/mol. The van der Waals surface area contributed by atoms with Crippen LogP contribution in [0.25, 0.3) is 10.6 Å². The third kappa shape index (κ3) is 4.34. The maximum atomic E-state index is 14.0. The Morgan fingerprint density at radius 1 is 0.935 bits per heavy atom. The fourth-order valence-electron chi connectivity index (χ4n) is 3.21. The van der Waals surface area contributed by atoms with Crippen LogP contribution in [0.2, 0.25) is 0 Å². The van der Waals surface area contributed by atoms with Crippen LogP contribution in [0.15, 0.2) is 52.7 Å². The number of piperazine rings is 1. The molecular weight excluding hydrogens is 451 g/mol. The van der Waals surface area contributed by atoms with Gasteiger partial charge in [-0.25, -0.2) is 26.6 Å². The lowest BCUT2D eigenvalue weighted by molar-refractivity contribution is 0.0692. The highest BCUT2D eigenvalue weighted by molar-refractivity contribution is 7.89. The SMILES string of the molecule is O=C(c1csc(-c2ccc(F)cc2)n1)N1CCN(S(=O)(=O)c2ccc(F)cc2F)CC1. The van der Waals surface area contributed by atoms with Crippen molar-refractivity contribution in [1.29, 1.82) is 0 Å². The third-order valence-corrected chi connectivity index (χ3v) is 7.68. The van der Waals surface area contributed by atoms with Crippen LogP contribution in [-0.2, 0) is 10.0 Å². The molecule has 4 rings (SSSR count).